The van der Waals surface area contributed by atoms with E-state index in [1.165, 1.54) is 14.7 Å². The lowest BCUT2D eigenvalue weighted by atomic mass is 9.96. The molecule has 0 bridgehead atoms. The van der Waals surface area contributed by atoms with Crippen LogP contribution in [0.25, 0.3) is 11.1 Å². The molecule has 5 amide bonds. The lowest BCUT2D eigenvalue weighted by molar-refractivity contribution is -0.160. The summed E-state index contributed by atoms with van der Waals surface area (Å²) in [5.74, 6) is -2.11. The number of rotatable bonds is 13. The summed E-state index contributed by atoms with van der Waals surface area (Å²) in [5.41, 5.74) is 6.52. The van der Waals surface area contributed by atoms with Crippen LogP contribution in [0.5, 0.6) is 0 Å². The molecule has 1 unspecified atom stereocenters. The van der Waals surface area contributed by atoms with Crippen LogP contribution in [0.1, 0.15) is 78.7 Å². The lowest BCUT2D eigenvalue weighted by Gasteiger charge is -2.45. The first-order chi connectivity index (χ1) is 34.2. The molecule has 3 saturated heterocycles. The number of nitrogens with zero attached hydrogens (tertiary/aromatic N) is 5. The zero-order valence-corrected chi connectivity index (χ0v) is 39.5. The number of likely N-dealkylation sites (tertiary alicyclic amines) is 2. The molecule has 14 nitrogen and oxygen atoms in total. The van der Waals surface area contributed by atoms with Crippen molar-refractivity contribution in [3.8, 4) is 11.1 Å². The number of hydrogen-bond donors (Lipinski definition) is 0. The molecule has 0 saturated carbocycles. The van der Waals surface area contributed by atoms with E-state index < -0.39 is 54.1 Å². The van der Waals surface area contributed by atoms with Crippen LogP contribution in [0, 0.1) is 0 Å². The minimum absolute atomic E-state index is 0.0494. The van der Waals surface area contributed by atoms with Crippen molar-refractivity contribution in [1.29, 1.82) is 0 Å². The second-order valence-corrected chi connectivity index (χ2v) is 18.5. The maximum absolute atomic E-state index is 15.2. The summed E-state index contributed by atoms with van der Waals surface area (Å²) in [4.78, 5) is 91.9. The fourth-order valence-corrected chi connectivity index (χ4v) is 10.5. The number of hydrogen-bond acceptors (Lipinski definition) is 9. The molecule has 362 valence electrons. The standard InChI is InChI=1S/C56H59N5O9/c1-57(50(35-39-19-5-2-6-20-39)53(64)59-33-17-31-49(59)54(65)68-36-40-21-7-3-8-22-40)51(62)47-29-15-16-32-58(47)52(63)48-30-18-34-60(55(66)69-37-41-23-9-4-10-24-41)61(48)56(67)70-38-46-44-27-13-11-25-42(44)43-26-12-14-28-45(43)46/h2-14,19-28,46-50H,15-18,29-38H2,1H3/t47-,48?,49-,50+/m0/s1. The predicted molar refractivity (Wildman–Crippen MR) is 260 cm³/mol. The van der Waals surface area contributed by atoms with Crippen molar-refractivity contribution in [3.63, 3.8) is 0 Å². The quantitative estimate of drug-likeness (QED) is 0.0844. The number of esters is 1. The molecule has 5 aromatic carbocycles. The molecule has 4 atom stereocenters. The number of hydrazine groups is 1. The van der Waals surface area contributed by atoms with Crippen LogP contribution < -0.4 is 0 Å². The van der Waals surface area contributed by atoms with Crippen LogP contribution in [0.3, 0.4) is 0 Å². The zero-order chi connectivity index (χ0) is 48.6. The van der Waals surface area contributed by atoms with Gasteiger partial charge in [-0.05, 0) is 83.9 Å². The predicted octanol–water partition coefficient (Wildman–Crippen LogP) is 8.14. The SMILES string of the molecule is CN(C(=O)[C@@H]1CCCCN1C(=O)C1CCCN(C(=O)OCc2ccccc2)N1C(=O)OCC1c2ccccc2-c2ccccc21)[C@H](Cc1ccccc1)C(=O)N1CCC[C@H]1C(=O)OCc1ccccc1. The summed E-state index contributed by atoms with van der Waals surface area (Å²) < 4.78 is 17.6. The number of likely N-dealkylation sites (N-methyl/N-ethyl adjacent to an activating group) is 1. The summed E-state index contributed by atoms with van der Waals surface area (Å²) in [7, 11) is 1.58. The maximum atomic E-state index is 15.2. The highest BCUT2D eigenvalue weighted by atomic mass is 16.6. The fourth-order valence-electron chi connectivity index (χ4n) is 10.5. The van der Waals surface area contributed by atoms with E-state index in [0.717, 1.165) is 49.0 Å². The van der Waals surface area contributed by atoms with Gasteiger partial charge in [-0.3, -0.25) is 14.4 Å². The molecule has 14 heteroatoms. The van der Waals surface area contributed by atoms with Crippen molar-refractivity contribution in [2.75, 3.05) is 33.3 Å². The van der Waals surface area contributed by atoms with E-state index in [1.54, 1.807) is 7.05 Å². The van der Waals surface area contributed by atoms with E-state index in [9.17, 15) is 19.2 Å². The van der Waals surface area contributed by atoms with Crippen LogP contribution in [0.4, 0.5) is 9.59 Å². The normalized spacial score (nSPS) is 19.1. The van der Waals surface area contributed by atoms with Crippen LogP contribution in [0.15, 0.2) is 140 Å². The van der Waals surface area contributed by atoms with Gasteiger partial charge in [-0.1, -0.05) is 140 Å². The third-order valence-corrected chi connectivity index (χ3v) is 14.1. The number of benzene rings is 5. The first-order valence-electron chi connectivity index (χ1n) is 24.4. The van der Waals surface area contributed by atoms with E-state index in [-0.39, 0.29) is 57.6 Å². The number of piperidine rings is 1. The van der Waals surface area contributed by atoms with E-state index >= 15 is 9.59 Å². The molecule has 70 heavy (non-hydrogen) atoms. The van der Waals surface area contributed by atoms with E-state index in [4.69, 9.17) is 14.2 Å². The molecule has 0 radical (unpaired) electrons. The molecule has 3 fully saturated rings. The Morgan fingerprint density at radius 3 is 1.71 bits per heavy atom. The molecule has 3 heterocycles. The third-order valence-electron chi connectivity index (χ3n) is 14.1. The first-order valence-corrected chi connectivity index (χ1v) is 24.4. The molecule has 3 aliphatic heterocycles. The van der Waals surface area contributed by atoms with Crippen molar-refractivity contribution < 1.29 is 43.0 Å². The van der Waals surface area contributed by atoms with Crippen LogP contribution in [-0.4, -0.2) is 118 Å². The zero-order valence-electron chi connectivity index (χ0n) is 39.5. The van der Waals surface area contributed by atoms with Crippen molar-refractivity contribution in [2.45, 2.75) is 94.7 Å². The van der Waals surface area contributed by atoms with Crippen LogP contribution in [0.2, 0.25) is 0 Å². The Balaban J connectivity index is 0.962. The number of fused-ring (bicyclic) bond motifs is 3. The van der Waals surface area contributed by atoms with Gasteiger partial charge < -0.3 is 28.9 Å². The van der Waals surface area contributed by atoms with Gasteiger partial charge in [0, 0.05) is 39.0 Å². The van der Waals surface area contributed by atoms with Gasteiger partial charge in [-0.2, -0.15) is 0 Å². The second kappa shape index (κ2) is 21.9. The van der Waals surface area contributed by atoms with E-state index in [0.29, 0.717) is 45.1 Å². The van der Waals surface area contributed by atoms with Crippen molar-refractivity contribution in [2.24, 2.45) is 0 Å². The number of amides is 5. The monoisotopic (exact) mass is 945 g/mol. The number of carbonyl (C=O) groups is 6. The molecular weight excluding hydrogens is 887 g/mol. The third kappa shape index (κ3) is 10.3. The Hall–Kier alpha value is -7.48. The molecule has 1 aliphatic carbocycles. The highest BCUT2D eigenvalue weighted by molar-refractivity contribution is 5.95. The van der Waals surface area contributed by atoms with Gasteiger partial charge in [0.2, 0.25) is 17.7 Å². The largest absolute Gasteiger partial charge is 0.459 e. The topological polar surface area (TPSA) is 146 Å². The minimum Gasteiger partial charge on any atom is -0.459 e. The van der Waals surface area contributed by atoms with Crippen LogP contribution in [-0.2, 0) is 53.0 Å². The second-order valence-electron chi connectivity index (χ2n) is 18.5. The first kappa shape index (κ1) is 47.6. The number of carbonyl (C=O) groups excluding carboxylic acids is 6. The molecule has 0 spiro atoms. The molecule has 0 aromatic heterocycles. The van der Waals surface area contributed by atoms with Gasteiger partial charge in [-0.15, -0.1) is 0 Å². The number of ether oxygens (including phenoxy) is 3. The van der Waals surface area contributed by atoms with Gasteiger partial charge in [0.1, 0.15) is 44.0 Å². The Labute approximate surface area is 408 Å². The summed E-state index contributed by atoms with van der Waals surface area (Å²) in [6, 6.07) is 39.9. The Bertz CT molecular complexity index is 2620. The molecule has 4 aliphatic rings. The highest BCUT2D eigenvalue weighted by Gasteiger charge is 2.48. The molecule has 5 aromatic rings. The summed E-state index contributed by atoms with van der Waals surface area (Å²) in [6.45, 7) is 0.595. The Morgan fingerprint density at radius 2 is 1.07 bits per heavy atom. The Morgan fingerprint density at radius 1 is 0.543 bits per heavy atom. The van der Waals surface area contributed by atoms with Crippen molar-refractivity contribution >= 4 is 35.9 Å². The van der Waals surface area contributed by atoms with Gasteiger partial charge >= 0.3 is 18.2 Å². The summed E-state index contributed by atoms with van der Waals surface area (Å²) >= 11 is 0. The van der Waals surface area contributed by atoms with Gasteiger partial charge in [-0.25, -0.2) is 24.4 Å². The lowest BCUT2D eigenvalue weighted by Crippen LogP contribution is -2.65. The fraction of sp³-hybridized carbons (Fsp3) is 0.357. The smallest absolute Gasteiger partial charge is 0.429 e. The average Bonchev–Trinajstić information content (AvgIpc) is 4.04. The molecule has 0 N–H and O–H groups in total. The van der Waals surface area contributed by atoms with Gasteiger partial charge in [0.15, 0.2) is 0 Å². The Kier molecular flexibility index (Phi) is 14.9. The van der Waals surface area contributed by atoms with Crippen molar-refractivity contribution in [1.82, 2.24) is 24.7 Å². The molecule has 9 rings (SSSR count). The minimum atomic E-state index is -1.21. The summed E-state index contributed by atoms with van der Waals surface area (Å²) in [6.07, 6.45) is 1.63. The van der Waals surface area contributed by atoms with Gasteiger partial charge in [0.25, 0.3) is 0 Å². The van der Waals surface area contributed by atoms with Gasteiger partial charge in [0.05, 0.1) is 0 Å². The van der Waals surface area contributed by atoms with Crippen molar-refractivity contribution in [3.05, 3.63) is 167 Å². The van der Waals surface area contributed by atoms with Crippen LogP contribution >= 0.6 is 0 Å². The summed E-state index contributed by atoms with van der Waals surface area (Å²) in [5, 5.41) is 2.25. The maximum Gasteiger partial charge on any atom is 0.429 e. The molecular formula is C56H59N5O9. The highest BCUT2D eigenvalue weighted by Crippen LogP contribution is 2.44. The average molecular weight is 946 g/mol. The van der Waals surface area contributed by atoms with E-state index in [1.807, 2.05) is 140 Å². The van der Waals surface area contributed by atoms with E-state index in [2.05, 4.69) is 0 Å².